The minimum Gasteiger partial charge on any atom is -0.493 e. The second kappa shape index (κ2) is 11.6. The molecule has 0 unspecified atom stereocenters. The molecule has 2 aromatic rings. The number of ether oxygens (including phenoxy) is 3. The molecule has 10 heteroatoms. The molecular formula is C23H31ClN2O6S. The normalized spacial score (nSPS) is 11.5. The summed E-state index contributed by atoms with van der Waals surface area (Å²) in [6.07, 6.45) is -0.133. The third-order valence-electron chi connectivity index (χ3n) is 4.67. The van der Waals surface area contributed by atoms with Gasteiger partial charge in [-0.3, -0.25) is 4.79 Å². The van der Waals surface area contributed by atoms with E-state index < -0.39 is 15.9 Å². The van der Waals surface area contributed by atoms with Crippen LogP contribution in [0.3, 0.4) is 0 Å². The molecule has 0 saturated carbocycles. The molecule has 0 saturated heterocycles. The second-order valence-corrected chi connectivity index (χ2v) is 9.61. The van der Waals surface area contributed by atoms with Crippen LogP contribution in [0.2, 0.25) is 5.02 Å². The Balaban J connectivity index is 2.43. The molecule has 182 valence electrons. The van der Waals surface area contributed by atoms with E-state index in [-0.39, 0.29) is 27.3 Å². The van der Waals surface area contributed by atoms with E-state index in [1.165, 1.54) is 35.7 Å². The van der Waals surface area contributed by atoms with Crippen molar-refractivity contribution in [3.8, 4) is 17.2 Å². The molecule has 0 aliphatic rings. The highest BCUT2D eigenvalue weighted by atomic mass is 35.5. The molecule has 0 radical (unpaired) electrons. The van der Waals surface area contributed by atoms with Gasteiger partial charge in [-0.25, -0.2) is 8.42 Å². The highest BCUT2D eigenvalue weighted by Crippen LogP contribution is 2.37. The fourth-order valence-corrected chi connectivity index (χ4v) is 5.04. The van der Waals surface area contributed by atoms with Gasteiger partial charge in [-0.05, 0) is 51.1 Å². The van der Waals surface area contributed by atoms with Crippen LogP contribution < -0.4 is 19.5 Å². The Hall–Kier alpha value is -2.49. The van der Waals surface area contributed by atoms with Crippen LogP contribution in [0.15, 0.2) is 35.2 Å². The van der Waals surface area contributed by atoms with Gasteiger partial charge in [0.25, 0.3) is 5.91 Å². The van der Waals surface area contributed by atoms with Crippen LogP contribution >= 0.6 is 11.6 Å². The number of carbonyl (C=O) groups excluding carboxylic acids is 1. The molecule has 2 rings (SSSR count). The van der Waals surface area contributed by atoms with Gasteiger partial charge in [-0.15, -0.1) is 0 Å². The lowest BCUT2D eigenvalue weighted by Crippen LogP contribution is -2.31. The number of anilines is 1. The number of carbonyl (C=O) groups is 1. The number of nitrogens with zero attached hydrogens (tertiary/aromatic N) is 1. The Morgan fingerprint density at radius 2 is 1.76 bits per heavy atom. The lowest BCUT2D eigenvalue weighted by molar-refractivity contribution is 0.102. The number of sulfonamides is 1. The van der Waals surface area contributed by atoms with Crippen LogP contribution in [-0.4, -0.2) is 51.5 Å². The summed E-state index contributed by atoms with van der Waals surface area (Å²) >= 11 is 6.33. The number of benzene rings is 2. The summed E-state index contributed by atoms with van der Waals surface area (Å²) in [5, 5.41) is 2.95. The van der Waals surface area contributed by atoms with Gasteiger partial charge in [0.1, 0.15) is 10.6 Å². The Labute approximate surface area is 200 Å². The molecule has 33 heavy (non-hydrogen) atoms. The minimum atomic E-state index is -3.81. The summed E-state index contributed by atoms with van der Waals surface area (Å²) in [5.74, 6) is 0.404. The summed E-state index contributed by atoms with van der Waals surface area (Å²) < 4.78 is 44.1. The topological polar surface area (TPSA) is 94.2 Å². The summed E-state index contributed by atoms with van der Waals surface area (Å²) in [7, 11) is -2.36. The smallest absolute Gasteiger partial charge is 0.255 e. The number of nitrogens with one attached hydrogen (secondary N) is 1. The number of hydrogen-bond donors (Lipinski definition) is 1. The maximum atomic E-state index is 13.1. The fourth-order valence-electron chi connectivity index (χ4n) is 3.17. The fraction of sp³-hybridized carbons (Fsp3) is 0.435. The summed E-state index contributed by atoms with van der Waals surface area (Å²) in [4.78, 5) is 12.9. The standard InChI is InChI=1S/C23H31ClN2O6S/c1-7-26(8-2)33(28,29)21-14-17(10-11-19(21)31-9-3)25-23(27)16-12-18(24)22(32-15(4)5)20(13-16)30-6/h10-15H,7-9H2,1-6H3,(H,25,27). The SMILES string of the molecule is CCOc1ccc(NC(=O)c2cc(Cl)c(OC(C)C)c(OC)c2)cc1S(=O)(=O)N(CC)CC. The largest absolute Gasteiger partial charge is 0.493 e. The van der Waals surface area contributed by atoms with Crippen LogP contribution in [-0.2, 0) is 10.0 Å². The molecular weight excluding hydrogens is 468 g/mol. The molecule has 0 aliphatic heterocycles. The van der Waals surface area contributed by atoms with Crippen molar-refractivity contribution in [3.05, 3.63) is 40.9 Å². The quantitative estimate of drug-likeness (QED) is 0.477. The maximum Gasteiger partial charge on any atom is 0.255 e. The Bertz CT molecular complexity index is 1080. The average Bonchev–Trinajstić information content (AvgIpc) is 2.76. The van der Waals surface area contributed by atoms with Gasteiger partial charge in [-0.1, -0.05) is 25.4 Å². The molecule has 0 heterocycles. The molecule has 2 aromatic carbocycles. The van der Waals surface area contributed by atoms with Crippen molar-refractivity contribution in [1.29, 1.82) is 0 Å². The number of amides is 1. The number of hydrogen-bond acceptors (Lipinski definition) is 6. The molecule has 1 amide bonds. The van der Waals surface area contributed by atoms with Crippen molar-refractivity contribution in [3.63, 3.8) is 0 Å². The van der Waals surface area contributed by atoms with Gasteiger partial charge in [-0.2, -0.15) is 4.31 Å². The third-order valence-corrected chi connectivity index (χ3v) is 7.02. The van der Waals surface area contributed by atoms with Gasteiger partial charge < -0.3 is 19.5 Å². The molecule has 0 aromatic heterocycles. The van der Waals surface area contributed by atoms with Crippen LogP contribution in [0.4, 0.5) is 5.69 Å². The van der Waals surface area contributed by atoms with Gasteiger partial charge in [0.2, 0.25) is 10.0 Å². The van der Waals surface area contributed by atoms with E-state index in [0.717, 1.165) is 0 Å². The molecule has 0 fully saturated rings. The highest BCUT2D eigenvalue weighted by molar-refractivity contribution is 7.89. The van der Waals surface area contributed by atoms with E-state index in [4.69, 9.17) is 25.8 Å². The summed E-state index contributed by atoms with van der Waals surface area (Å²) in [6.45, 7) is 9.92. The van der Waals surface area contributed by atoms with E-state index in [1.54, 1.807) is 26.8 Å². The number of rotatable bonds is 11. The van der Waals surface area contributed by atoms with E-state index in [0.29, 0.717) is 36.9 Å². The first-order chi connectivity index (χ1) is 15.6. The summed E-state index contributed by atoms with van der Waals surface area (Å²) in [6, 6.07) is 7.49. The predicted octanol–water partition coefficient (Wildman–Crippen LogP) is 4.82. The number of methoxy groups -OCH3 is 1. The van der Waals surface area contributed by atoms with Crippen molar-refractivity contribution >= 4 is 33.2 Å². The molecule has 1 N–H and O–H groups in total. The molecule has 0 bridgehead atoms. The van der Waals surface area contributed by atoms with Crippen molar-refractivity contribution in [2.75, 3.05) is 32.1 Å². The average molecular weight is 499 g/mol. The van der Waals surface area contributed by atoms with Crippen LogP contribution in [0.1, 0.15) is 45.0 Å². The predicted molar refractivity (Wildman–Crippen MR) is 129 cm³/mol. The molecule has 0 aliphatic carbocycles. The van der Waals surface area contributed by atoms with E-state index >= 15 is 0 Å². The molecule has 8 nitrogen and oxygen atoms in total. The monoisotopic (exact) mass is 498 g/mol. The maximum absolute atomic E-state index is 13.1. The van der Waals surface area contributed by atoms with E-state index in [9.17, 15) is 13.2 Å². The molecule has 0 atom stereocenters. The zero-order chi connectivity index (χ0) is 24.8. The van der Waals surface area contributed by atoms with Crippen molar-refractivity contribution < 1.29 is 27.4 Å². The Morgan fingerprint density at radius 3 is 2.30 bits per heavy atom. The summed E-state index contributed by atoms with van der Waals surface area (Å²) in [5.41, 5.74) is 0.529. The number of halogens is 1. The first kappa shape index (κ1) is 26.8. The van der Waals surface area contributed by atoms with Crippen molar-refractivity contribution in [1.82, 2.24) is 4.31 Å². The minimum absolute atomic E-state index is 0.0119. The third kappa shape index (κ3) is 6.31. The first-order valence-corrected chi connectivity index (χ1v) is 12.5. The van der Waals surface area contributed by atoms with E-state index in [1.807, 2.05) is 13.8 Å². The van der Waals surface area contributed by atoms with Gasteiger partial charge in [0.15, 0.2) is 11.5 Å². The molecule has 0 spiro atoms. The Kier molecular flexibility index (Phi) is 9.39. The Morgan fingerprint density at radius 1 is 1.09 bits per heavy atom. The van der Waals surface area contributed by atoms with Crippen molar-refractivity contribution in [2.45, 2.75) is 45.6 Å². The van der Waals surface area contributed by atoms with Gasteiger partial charge in [0.05, 0.1) is 24.8 Å². The van der Waals surface area contributed by atoms with Crippen LogP contribution in [0.25, 0.3) is 0 Å². The van der Waals surface area contributed by atoms with Gasteiger partial charge >= 0.3 is 0 Å². The lowest BCUT2D eigenvalue weighted by Gasteiger charge is -2.21. The zero-order valence-electron chi connectivity index (χ0n) is 19.8. The van der Waals surface area contributed by atoms with Gasteiger partial charge in [0, 0.05) is 24.3 Å². The lowest BCUT2D eigenvalue weighted by atomic mass is 10.1. The van der Waals surface area contributed by atoms with Crippen LogP contribution in [0.5, 0.6) is 17.2 Å². The van der Waals surface area contributed by atoms with E-state index in [2.05, 4.69) is 5.32 Å². The highest BCUT2D eigenvalue weighted by Gasteiger charge is 2.26. The first-order valence-electron chi connectivity index (χ1n) is 10.7. The van der Waals surface area contributed by atoms with Crippen molar-refractivity contribution in [2.24, 2.45) is 0 Å². The zero-order valence-corrected chi connectivity index (χ0v) is 21.3. The van der Waals surface area contributed by atoms with Crippen LogP contribution in [0, 0.1) is 0 Å². The second-order valence-electron chi connectivity index (χ2n) is 7.29.